The van der Waals surface area contributed by atoms with E-state index in [1.54, 1.807) is 12.1 Å². The molecule has 2 aromatic rings. The van der Waals surface area contributed by atoms with Crippen molar-refractivity contribution in [2.75, 3.05) is 0 Å². The van der Waals surface area contributed by atoms with Gasteiger partial charge in [0.05, 0.1) is 11.4 Å². The normalized spacial score (nSPS) is 10.2. The van der Waals surface area contributed by atoms with Crippen LogP contribution in [0, 0.1) is 0 Å². The lowest BCUT2D eigenvalue weighted by Gasteiger charge is -2.06. The summed E-state index contributed by atoms with van der Waals surface area (Å²) in [6, 6.07) is 10.4. The quantitative estimate of drug-likeness (QED) is 0.845. The number of esters is 1. The summed E-state index contributed by atoms with van der Waals surface area (Å²) >= 11 is 0. The summed E-state index contributed by atoms with van der Waals surface area (Å²) in [6.07, 6.45) is 0. The zero-order chi connectivity index (χ0) is 13.8. The molecule has 6 heteroatoms. The van der Waals surface area contributed by atoms with Crippen LogP contribution >= 0.6 is 0 Å². The number of carbonyl (C=O) groups is 2. The van der Waals surface area contributed by atoms with E-state index >= 15 is 0 Å². The van der Waals surface area contributed by atoms with E-state index in [0.717, 1.165) is 0 Å². The van der Waals surface area contributed by atoms with Crippen molar-refractivity contribution in [3.8, 4) is 5.69 Å². The van der Waals surface area contributed by atoms with Crippen LogP contribution in [0.3, 0.4) is 0 Å². The molecule has 0 aliphatic rings. The molecule has 0 saturated heterocycles. The third kappa shape index (κ3) is 2.98. The largest absolute Gasteiger partial charge is 0.476 e. The fraction of sp³-hybridized carbons (Fsp3) is 0.154. The minimum atomic E-state index is -1.13. The van der Waals surface area contributed by atoms with Gasteiger partial charge in [-0.1, -0.05) is 18.2 Å². The van der Waals surface area contributed by atoms with Gasteiger partial charge in [-0.05, 0) is 18.2 Å². The average Bonchev–Trinajstić information content (AvgIpc) is 2.81. The first-order valence-electron chi connectivity index (χ1n) is 5.59. The number of carboxylic acids is 1. The van der Waals surface area contributed by atoms with Crippen molar-refractivity contribution >= 4 is 11.9 Å². The molecular weight excluding hydrogens is 248 g/mol. The number of ether oxygens (including phenoxy) is 1. The number of carbonyl (C=O) groups excluding carboxylic acids is 1. The number of carboxylic acid groups (broad SMARTS) is 1. The summed E-state index contributed by atoms with van der Waals surface area (Å²) in [5.74, 6) is -1.56. The van der Waals surface area contributed by atoms with Crippen molar-refractivity contribution in [3.63, 3.8) is 0 Å². The second-order valence-corrected chi connectivity index (χ2v) is 3.85. The number of aromatic carboxylic acids is 1. The Bertz CT molecular complexity index is 604. The van der Waals surface area contributed by atoms with Gasteiger partial charge in [0.1, 0.15) is 6.61 Å². The van der Waals surface area contributed by atoms with E-state index in [1.807, 2.05) is 18.2 Å². The lowest BCUT2D eigenvalue weighted by atomic mass is 10.3. The van der Waals surface area contributed by atoms with Crippen molar-refractivity contribution in [1.29, 1.82) is 0 Å². The first-order chi connectivity index (χ1) is 9.08. The van der Waals surface area contributed by atoms with E-state index in [1.165, 1.54) is 17.7 Å². The molecule has 0 atom stereocenters. The van der Waals surface area contributed by atoms with Crippen molar-refractivity contribution in [2.24, 2.45) is 0 Å². The lowest BCUT2D eigenvalue weighted by Crippen LogP contribution is -2.06. The standard InChI is InChI=1S/C13H12N2O4/c1-9(16)19-8-11-7-12(13(17)18)14-15(11)10-5-3-2-4-6-10/h2-7H,8H2,1H3,(H,17,18). The van der Waals surface area contributed by atoms with Gasteiger partial charge in [0.25, 0.3) is 0 Å². The van der Waals surface area contributed by atoms with Crippen molar-refractivity contribution < 1.29 is 19.4 Å². The summed E-state index contributed by atoms with van der Waals surface area (Å²) in [6.45, 7) is 1.27. The maximum atomic E-state index is 11.0. The van der Waals surface area contributed by atoms with Gasteiger partial charge in [-0.3, -0.25) is 4.79 Å². The number of hydrogen-bond donors (Lipinski definition) is 1. The monoisotopic (exact) mass is 260 g/mol. The van der Waals surface area contributed by atoms with E-state index in [9.17, 15) is 9.59 Å². The molecule has 1 heterocycles. The van der Waals surface area contributed by atoms with Crippen LogP contribution in [0.15, 0.2) is 36.4 Å². The van der Waals surface area contributed by atoms with Crippen LogP contribution < -0.4 is 0 Å². The Morgan fingerprint density at radius 3 is 2.58 bits per heavy atom. The summed E-state index contributed by atoms with van der Waals surface area (Å²) in [4.78, 5) is 21.8. The summed E-state index contributed by atoms with van der Waals surface area (Å²) in [5.41, 5.74) is 1.11. The third-order valence-electron chi connectivity index (χ3n) is 2.43. The minimum Gasteiger partial charge on any atom is -0.476 e. The Hall–Kier alpha value is -2.63. The Morgan fingerprint density at radius 2 is 2.00 bits per heavy atom. The van der Waals surface area contributed by atoms with E-state index in [0.29, 0.717) is 11.4 Å². The smallest absolute Gasteiger partial charge is 0.356 e. The van der Waals surface area contributed by atoms with Crippen molar-refractivity contribution in [1.82, 2.24) is 9.78 Å². The van der Waals surface area contributed by atoms with Crippen LogP contribution in [0.25, 0.3) is 5.69 Å². The maximum absolute atomic E-state index is 11.0. The van der Waals surface area contributed by atoms with Crippen LogP contribution in [-0.4, -0.2) is 26.8 Å². The molecule has 1 aromatic heterocycles. The molecule has 0 saturated carbocycles. The SMILES string of the molecule is CC(=O)OCc1cc(C(=O)O)nn1-c1ccccc1. The third-order valence-corrected chi connectivity index (χ3v) is 2.43. The molecule has 1 N–H and O–H groups in total. The molecule has 0 aliphatic heterocycles. The topological polar surface area (TPSA) is 81.4 Å². The van der Waals surface area contributed by atoms with Crippen LogP contribution in [-0.2, 0) is 16.1 Å². The Morgan fingerprint density at radius 1 is 1.32 bits per heavy atom. The fourth-order valence-electron chi connectivity index (χ4n) is 1.60. The van der Waals surface area contributed by atoms with Crippen molar-refractivity contribution in [2.45, 2.75) is 13.5 Å². The van der Waals surface area contributed by atoms with Gasteiger partial charge >= 0.3 is 11.9 Å². The number of aromatic nitrogens is 2. The lowest BCUT2D eigenvalue weighted by molar-refractivity contribution is -0.142. The molecule has 0 aliphatic carbocycles. The van der Waals surface area contributed by atoms with Crippen molar-refractivity contribution in [3.05, 3.63) is 47.8 Å². The molecule has 0 amide bonds. The zero-order valence-electron chi connectivity index (χ0n) is 10.2. The zero-order valence-corrected chi connectivity index (χ0v) is 10.2. The predicted molar refractivity (Wildman–Crippen MR) is 66.0 cm³/mol. The van der Waals surface area contributed by atoms with Gasteiger partial charge in [0.2, 0.25) is 0 Å². The minimum absolute atomic E-state index is 0.0233. The van der Waals surface area contributed by atoms with E-state index in [-0.39, 0.29) is 12.3 Å². The molecule has 0 fully saturated rings. The average molecular weight is 260 g/mol. The van der Waals surface area contributed by atoms with Crippen LogP contribution in [0.4, 0.5) is 0 Å². The van der Waals surface area contributed by atoms with Gasteiger partial charge < -0.3 is 9.84 Å². The first kappa shape index (κ1) is 12.8. The molecule has 0 spiro atoms. The molecule has 1 aromatic carbocycles. The Balaban J connectivity index is 2.40. The summed E-state index contributed by atoms with van der Waals surface area (Å²) < 4.78 is 6.34. The Kier molecular flexibility index (Phi) is 3.61. The number of hydrogen-bond acceptors (Lipinski definition) is 4. The maximum Gasteiger partial charge on any atom is 0.356 e. The van der Waals surface area contributed by atoms with Crippen LogP contribution in [0.5, 0.6) is 0 Å². The highest BCUT2D eigenvalue weighted by molar-refractivity contribution is 5.85. The first-order valence-corrected chi connectivity index (χ1v) is 5.59. The highest BCUT2D eigenvalue weighted by Gasteiger charge is 2.15. The van der Waals surface area contributed by atoms with E-state index in [2.05, 4.69) is 5.10 Å². The molecule has 19 heavy (non-hydrogen) atoms. The molecular formula is C13H12N2O4. The van der Waals surface area contributed by atoms with Gasteiger partial charge in [0.15, 0.2) is 5.69 Å². The van der Waals surface area contributed by atoms with Crippen LogP contribution in [0.2, 0.25) is 0 Å². The molecule has 0 bridgehead atoms. The summed E-state index contributed by atoms with van der Waals surface area (Å²) in [7, 11) is 0. The van der Waals surface area contributed by atoms with E-state index < -0.39 is 11.9 Å². The Labute approximate surface area is 109 Å². The molecule has 0 unspecified atom stereocenters. The number of rotatable bonds is 4. The molecule has 98 valence electrons. The van der Waals surface area contributed by atoms with E-state index in [4.69, 9.17) is 9.84 Å². The van der Waals surface area contributed by atoms with Crippen LogP contribution in [0.1, 0.15) is 23.1 Å². The molecule has 0 radical (unpaired) electrons. The number of nitrogens with zero attached hydrogens (tertiary/aromatic N) is 2. The highest BCUT2D eigenvalue weighted by atomic mass is 16.5. The summed E-state index contributed by atoms with van der Waals surface area (Å²) in [5, 5.41) is 12.9. The highest BCUT2D eigenvalue weighted by Crippen LogP contribution is 2.13. The molecule has 6 nitrogen and oxygen atoms in total. The molecule has 2 rings (SSSR count). The van der Waals surface area contributed by atoms with Gasteiger partial charge in [0, 0.05) is 6.92 Å². The van der Waals surface area contributed by atoms with Gasteiger partial charge in [-0.25, -0.2) is 9.48 Å². The fourth-order valence-corrected chi connectivity index (χ4v) is 1.60. The number of para-hydroxylation sites is 1. The second kappa shape index (κ2) is 5.34. The second-order valence-electron chi connectivity index (χ2n) is 3.85. The van der Waals surface area contributed by atoms with Gasteiger partial charge in [-0.2, -0.15) is 5.10 Å². The van der Waals surface area contributed by atoms with Gasteiger partial charge in [-0.15, -0.1) is 0 Å². The predicted octanol–water partition coefficient (Wildman–Crippen LogP) is 1.63. The number of benzene rings is 1.